The summed E-state index contributed by atoms with van der Waals surface area (Å²) in [4.78, 5) is 0. The molecule has 1 saturated carbocycles. The molecule has 1 unspecified atom stereocenters. The first-order valence-electron chi connectivity index (χ1n) is 7.01. The Morgan fingerprint density at radius 1 is 1.11 bits per heavy atom. The van der Waals surface area contributed by atoms with Crippen molar-refractivity contribution in [3.63, 3.8) is 0 Å². The lowest BCUT2D eigenvalue weighted by molar-refractivity contribution is 0.359. The molecule has 0 saturated heterocycles. The number of benzene rings is 1. The topological polar surface area (TPSA) is 38.0 Å². The molecule has 1 aromatic rings. The predicted molar refractivity (Wildman–Crippen MR) is 72.3 cm³/mol. The third-order valence-corrected chi connectivity index (χ3v) is 4.02. The van der Waals surface area contributed by atoms with E-state index in [2.05, 4.69) is 5.43 Å². The second-order valence-electron chi connectivity index (χ2n) is 5.36. The van der Waals surface area contributed by atoms with Crippen LogP contribution in [0.25, 0.3) is 0 Å². The molecule has 1 fully saturated rings. The summed E-state index contributed by atoms with van der Waals surface area (Å²) < 4.78 is 12.9. The SMILES string of the molecule is NNC(CC1CCCCCC1)c1ccc(F)cc1. The third kappa shape index (κ3) is 3.79. The first-order chi connectivity index (χ1) is 8.79. The van der Waals surface area contributed by atoms with E-state index in [1.807, 2.05) is 12.1 Å². The zero-order valence-corrected chi connectivity index (χ0v) is 10.9. The van der Waals surface area contributed by atoms with Gasteiger partial charge in [-0.15, -0.1) is 0 Å². The van der Waals surface area contributed by atoms with Gasteiger partial charge in [0.05, 0.1) is 0 Å². The van der Waals surface area contributed by atoms with Crippen molar-refractivity contribution in [3.8, 4) is 0 Å². The van der Waals surface area contributed by atoms with Crippen LogP contribution in [0.15, 0.2) is 24.3 Å². The van der Waals surface area contributed by atoms with Crippen LogP contribution in [0.1, 0.15) is 56.6 Å². The average Bonchev–Trinajstić information content (AvgIpc) is 2.66. The number of hydrogen-bond acceptors (Lipinski definition) is 2. The van der Waals surface area contributed by atoms with Crippen LogP contribution >= 0.6 is 0 Å². The van der Waals surface area contributed by atoms with Crippen LogP contribution in [-0.4, -0.2) is 0 Å². The van der Waals surface area contributed by atoms with Gasteiger partial charge in [0.25, 0.3) is 0 Å². The number of nitrogens with one attached hydrogen (secondary N) is 1. The largest absolute Gasteiger partial charge is 0.271 e. The Labute approximate surface area is 109 Å². The maximum Gasteiger partial charge on any atom is 0.123 e. The molecule has 0 radical (unpaired) electrons. The molecular formula is C15H23FN2. The van der Waals surface area contributed by atoms with Gasteiger partial charge < -0.3 is 0 Å². The molecule has 2 rings (SSSR count). The molecule has 0 aromatic heterocycles. The van der Waals surface area contributed by atoms with E-state index in [-0.39, 0.29) is 11.9 Å². The molecule has 1 aromatic carbocycles. The Bertz CT molecular complexity index is 342. The first kappa shape index (κ1) is 13.5. The van der Waals surface area contributed by atoms with Crippen LogP contribution < -0.4 is 11.3 Å². The molecule has 0 heterocycles. The van der Waals surface area contributed by atoms with E-state index in [1.54, 1.807) is 0 Å². The summed E-state index contributed by atoms with van der Waals surface area (Å²) in [6.45, 7) is 0. The highest BCUT2D eigenvalue weighted by Gasteiger charge is 2.18. The van der Waals surface area contributed by atoms with Crippen molar-refractivity contribution in [3.05, 3.63) is 35.6 Å². The van der Waals surface area contributed by atoms with E-state index >= 15 is 0 Å². The summed E-state index contributed by atoms with van der Waals surface area (Å²) in [5.74, 6) is 6.21. The van der Waals surface area contributed by atoms with Crippen molar-refractivity contribution in [1.29, 1.82) is 0 Å². The van der Waals surface area contributed by atoms with E-state index in [1.165, 1.54) is 50.7 Å². The Morgan fingerprint density at radius 2 is 1.72 bits per heavy atom. The first-order valence-corrected chi connectivity index (χ1v) is 7.01. The van der Waals surface area contributed by atoms with E-state index < -0.39 is 0 Å². The van der Waals surface area contributed by atoms with Gasteiger partial charge >= 0.3 is 0 Å². The molecule has 0 aliphatic heterocycles. The number of hydrazine groups is 1. The van der Waals surface area contributed by atoms with Gasteiger partial charge in [-0.25, -0.2) is 4.39 Å². The second kappa shape index (κ2) is 6.86. The van der Waals surface area contributed by atoms with Gasteiger partial charge in [-0.1, -0.05) is 50.7 Å². The van der Waals surface area contributed by atoms with Gasteiger partial charge in [0.2, 0.25) is 0 Å². The lowest BCUT2D eigenvalue weighted by Gasteiger charge is -2.22. The van der Waals surface area contributed by atoms with Crippen LogP contribution in [-0.2, 0) is 0 Å². The minimum Gasteiger partial charge on any atom is -0.271 e. The highest BCUT2D eigenvalue weighted by atomic mass is 19.1. The van der Waals surface area contributed by atoms with E-state index in [0.717, 1.165) is 17.9 Å². The molecule has 3 heteroatoms. The van der Waals surface area contributed by atoms with Crippen molar-refractivity contribution in [1.82, 2.24) is 5.43 Å². The predicted octanol–water partition coefficient (Wildman–Crippen LogP) is 3.69. The van der Waals surface area contributed by atoms with E-state index in [0.29, 0.717) is 0 Å². The number of rotatable bonds is 4. The molecule has 0 amide bonds. The zero-order valence-electron chi connectivity index (χ0n) is 10.9. The Morgan fingerprint density at radius 3 is 2.28 bits per heavy atom. The Kier molecular flexibility index (Phi) is 5.14. The monoisotopic (exact) mass is 250 g/mol. The summed E-state index contributed by atoms with van der Waals surface area (Å²) in [7, 11) is 0. The van der Waals surface area contributed by atoms with E-state index in [4.69, 9.17) is 5.84 Å². The van der Waals surface area contributed by atoms with Crippen molar-refractivity contribution in [2.45, 2.75) is 51.0 Å². The number of halogens is 1. The van der Waals surface area contributed by atoms with Gasteiger partial charge in [0.1, 0.15) is 5.82 Å². The fourth-order valence-electron chi connectivity index (χ4n) is 2.93. The highest BCUT2D eigenvalue weighted by molar-refractivity contribution is 5.19. The molecule has 1 aliphatic carbocycles. The smallest absolute Gasteiger partial charge is 0.123 e. The van der Waals surface area contributed by atoms with Crippen molar-refractivity contribution in [2.24, 2.45) is 11.8 Å². The quantitative estimate of drug-likeness (QED) is 0.486. The van der Waals surface area contributed by atoms with Gasteiger partial charge in [-0.05, 0) is 30.0 Å². The van der Waals surface area contributed by atoms with E-state index in [9.17, 15) is 4.39 Å². The molecule has 0 bridgehead atoms. The highest BCUT2D eigenvalue weighted by Crippen LogP contribution is 2.30. The summed E-state index contributed by atoms with van der Waals surface area (Å²) >= 11 is 0. The maximum absolute atomic E-state index is 12.9. The van der Waals surface area contributed by atoms with Crippen LogP contribution in [0.5, 0.6) is 0 Å². The average molecular weight is 250 g/mol. The molecule has 18 heavy (non-hydrogen) atoms. The number of hydrogen-bond donors (Lipinski definition) is 2. The Balaban J connectivity index is 1.97. The normalized spacial score (nSPS) is 19.4. The fourth-order valence-corrected chi connectivity index (χ4v) is 2.93. The van der Waals surface area contributed by atoms with Crippen molar-refractivity contribution >= 4 is 0 Å². The lowest BCUT2D eigenvalue weighted by Crippen LogP contribution is -2.29. The molecular weight excluding hydrogens is 227 g/mol. The van der Waals surface area contributed by atoms with Gasteiger partial charge in [0.15, 0.2) is 0 Å². The second-order valence-corrected chi connectivity index (χ2v) is 5.36. The standard InChI is InChI=1S/C15H23FN2/c16-14-9-7-13(8-10-14)15(18-17)11-12-5-3-1-2-4-6-12/h7-10,12,15,18H,1-6,11,17H2. The van der Waals surface area contributed by atoms with Crippen LogP contribution in [0.2, 0.25) is 0 Å². The van der Waals surface area contributed by atoms with Crippen LogP contribution in [0.3, 0.4) is 0 Å². The van der Waals surface area contributed by atoms with Crippen LogP contribution in [0, 0.1) is 11.7 Å². The third-order valence-electron chi connectivity index (χ3n) is 4.02. The number of nitrogens with two attached hydrogens (primary N) is 1. The van der Waals surface area contributed by atoms with Gasteiger partial charge in [-0.2, -0.15) is 0 Å². The molecule has 2 nitrogen and oxygen atoms in total. The van der Waals surface area contributed by atoms with Crippen LogP contribution in [0.4, 0.5) is 4.39 Å². The molecule has 1 aliphatic rings. The zero-order chi connectivity index (χ0) is 12.8. The Hall–Kier alpha value is -0.930. The van der Waals surface area contributed by atoms with Crippen molar-refractivity contribution in [2.75, 3.05) is 0 Å². The lowest BCUT2D eigenvalue weighted by atomic mass is 9.90. The molecule has 100 valence electrons. The summed E-state index contributed by atoms with van der Waals surface area (Å²) in [5, 5.41) is 0. The van der Waals surface area contributed by atoms with Gasteiger partial charge in [0, 0.05) is 6.04 Å². The summed E-state index contributed by atoms with van der Waals surface area (Å²) in [6.07, 6.45) is 9.08. The molecule has 1 atom stereocenters. The molecule has 0 spiro atoms. The summed E-state index contributed by atoms with van der Waals surface area (Å²) in [5.41, 5.74) is 3.97. The maximum atomic E-state index is 12.9. The minimum atomic E-state index is -0.191. The molecule has 3 N–H and O–H groups in total. The summed E-state index contributed by atoms with van der Waals surface area (Å²) in [6, 6.07) is 6.82. The van der Waals surface area contributed by atoms with Gasteiger partial charge in [-0.3, -0.25) is 11.3 Å². The minimum absolute atomic E-state index is 0.147. The van der Waals surface area contributed by atoms with Crippen molar-refractivity contribution < 1.29 is 4.39 Å². The fraction of sp³-hybridized carbons (Fsp3) is 0.600.